The molecule has 14 heteroatoms. The number of nitrogens with one attached hydrogen (secondary N) is 2. The topological polar surface area (TPSA) is 165 Å². The highest BCUT2D eigenvalue weighted by molar-refractivity contribution is 5.96. The van der Waals surface area contributed by atoms with Crippen molar-refractivity contribution in [3.63, 3.8) is 0 Å². The highest BCUT2D eigenvalue weighted by Crippen LogP contribution is 2.42. The third kappa shape index (κ3) is 9.40. The second-order valence-electron chi connectivity index (χ2n) is 17.9. The van der Waals surface area contributed by atoms with Crippen molar-refractivity contribution in [3.05, 3.63) is 71.5 Å². The van der Waals surface area contributed by atoms with Gasteiger partial charge >= 0.3 is 12.1 Å². The van der Waals surface area contributed by atoms with E-state index in [0.717, 1.165) is 57.4 Å². The van der Waals surface area contributed by atoms with E-state index in [1.807, 2.05) is 39.0 Å². The molecule has 1 aliphatic carbocycles. The first-order valence-corrected chi connectivity index (χ1v) is 21.5. The lowest BCUT2D eigenvalue weighted by Gasteiger charge is -2.36. The summed E-state index contributed by atoms with van der Waals surface area (Å²) in [5.41, 5.74) is 9.63. The molecule has 0 radical (unpaired) electrons. The number of hydrogen-bond donors (Lipinski definition) is 3. The Balaban J connectivity index is 1.35. The number of amides is 3. The molecular weight excluding hydrogens is 777 g/mol. The molecule has 4 atom stereocenters. The minimum Gasteiger partial charge on any atom is -0.508 e. The number of hydrogen-bond acceptors (Lipinski definition) is 10. The molecule has 3 amide bonds. The number of aryl methyl sites for hydroxylation is 1. The van der Waals surface area contributed by atoms with Crippen molar-refractivity contribution >= 4 is 34.8 Å². The summed E-state index contributed by atoms with van der Waals surface area (Å²) >= 11 is 0. The highest BCUT2D eigenvalue weighted by atomic mass is 16.6. The highest BCUT2D eigenvalue weighted by Gasteiger charge is 2.39. The van der Waals surface area contributed by atoms with E-state index in [1.165, 1.54) is 17.0 Å². The van der Waals surface area contributed by atoms with Gasteiger partial charge in [0.05, 0.1) is 24.1 Å². The van der Waals surface area contributed by atoms with Crippen LogP contribution in [0.15, 0.2) is 54.7 Å². The molecule has 2 aliphatic heterocycles. The van der Waals surface area contributed by atoms with Crippen LogP contribution in [0.4, 0.5) is 4.79 Å². The van der Waals surface area contributed by atoms with Gasteiger partial charge in [-0.2, -0.15) is 0 Å². The first kappa shape index (κ1) is 43.6. The van der Waals surface area contributed by atoms with Crippen molar-refractivity contribution in [3.8, 4) is 28.1 Å². The number of fused-ring (bicyclic) bond motifs is 6. The van der Waals surface area contributed by atoms with E-state index in [-0.39, 0.29) is 36.9 Å². The number of phenols is 1. The standard InChI is InChI=1S/C47H60N6O8/c1-9-52-39-17-14-30-24-35(39)36(42(52)34-12-10-18-48-40(34)28(4)59-8)25-47(5,6)26-60-45(57)37-13-11-19-53(50-37)44(56)38(22-29-20-31(30)23-32(54)21-29)49-43(55)41(27(2)3)51(7)46(58)61-33-15-16-33/h10,12,14,17-18,20-21,23-24,27-28,33,37-38,41,50,54H,9,11,13,15-16,19,22,25-26H2,1-8H3,(H,49,55)/t28-,37-,38-,41-/m0/s1. The number of phenolic OH excluding ortho intramolecular Hbond substituents is 1. The van der Waals surface area contributed by atoms with Gasteiger partial charge in [-0.3, -0.25) is 29.3 Å². The zero-order chi connectivity index (χ0) is 43.7. The van der Waals surface area contributed by atoms with Gasteiger partial charge in [0, 0.05) is 61.7 Å². The number of esters is 1. The summed E-state index contributed by atoms with van der Waals surface area (Å²) in [5, 5.41) is 16.6. The van der Waals surface area contributed by atoms with Gasteiger partial charge in [0.15, 0.2) is 0 Å². The molecule has 326 valence electrons. The number of aromatic nitrogens is 2. The van der Waals surface area contributed by atoms with Gasteiger partial charge in [-0.1, -0.05) is 39.8 Å². The van der Waals surface area contributed by atoms with Crippen LogP contribution in [0.1, 0.15) is 90.2 Å². The van der Waals surface area contributed by atoms with Gasteiger partial charge in [-0.05, 0) is 111 Å². The normalized spacial score (nSPS) is 20.4. The average Bonchev–Trinajstić information content (AvgIpc) is 4.01. The SMILES string of the molecule is CCn1c(-c2cccnc2[C@H](C)OC)c2c3cc(ccc31)-c1cc(O)cc(c1)C[C@H](NC(=O)[C@H](C(C)C)N(C)C(=O)OC1CC1)C(=O)N1CCC[C@H](N1)C(=O)OCC(C)(C)C2. The molecule has 3 aliphatic rings. The molecule has 4 aromatic rings. The van der Waals surface area contributed by atoms with Crippen LogP contribution >= 0.6 is 0 Å². The van der Waals surface area contributed by atoms with Gasteiger partial charge in [-0.15, -0.1) is 0 Å². The molecule has 2 aromatic heterocycles. The lowest BCUT2D eigenvalue weighted by atomic mass is 9.84. The van der Waals surface area contributed by atoms with Crippen LogP contribution in [0.25, 0.3) is 33.3 Å². The van der Waals surface area contributed by atoms with Crippen LogP contribution in [0.2, 0.25) is 0 Å². The molecule has 0 unspecified atom stereocenters. The third-order valence-corrected chi connectivity index (χ3v) is 12.1. The van der Waals surface area contributed by atoms with Crippen LogP contribution < -0.4 is 10.7 Å². The monoisotopic (exact) mass is 836 g/mol. The number of cyclic esters (lactones) is 1. The van der Waals surface area contributed by atoms with Gasteiger partial charge in [0.2, 0.25) is 5.91 Å². The van der Waals surface area contributed by atoms with Gasteiger partial charge in [0.25, 0.3) is 5.91 Å². The molecule has 7 rings (SSSR count). The van der Waals surface area contributed by atoms with E-state index in [9.17, 15) is 24.3 Å². The maximum atomic E-state index is 14.5. The number of carbonyl (C=O) groups is 4. The molecule has 61 heavy (non-hydrogen) atoms. The fourth-order valence-electron chi connectivity index (χ4n) is 8.77. The van der Waals surface area contributed by atoms with Crippen molar-refractivity contribution in [1.29, 1.82) is 0 Å². The van der Waals surface area contributed by atoms with Crippen LogP contribution in [0, 0.1) is 11.3 Å². The van der Waals surface area contributed by atoms with Crippen LogP contribution in [0.5, 0.6) is 5.75 Å². The number of nitrogens with zero attached hydrogens (tertiary/aromatic N) is 4. The molecule has 4 heterocycles. The molecule has 2 fully saturated rings. The molecule has 1 saturated carbocycles. The van der Waals surface area contributed by atoms with Crippen LogP contribution in [-0.4, -0.2) is 100.0 Å². The summed E-state index contributed by atoms with van der Waals surface area (Å²) < 4.78 is 19.7. The van der Waals surface area contributed by atoms with Crippen LogP contribution in [-0.2, 0) is 48.0 Å². The number of methoxy groups -OCH3 is 1. The number of likely N-dealkylation sites (N-methyl/N-ethyl adjacent to an activating group) is 1. The Morgan fingerprint density at radius 1 is 1.08 bits per heavy atom. The molecule has 0 spiro atoms. The number of pyridine rings is 1. The molecule has 1 saturated heterocycles. The largest absolute Gasteiger partial charge is 0.508 e. The lowest BCUT2D eigenvalue weighted by molar-refractivity contribution is -0.155. The van der Waals surface area contributed by atoms with E-state index >= 15 is 0 Å². The summed E-state index contributed by atoms with van der Waals surface area (Å²) in [4.78, 5) is 61.7. The first-order valence-electron chi connectivity index (χ1n) is 21.5. The Morgan fingerprint density at radius 3 is 2.56 bits per heavy atom. The first-order chi connectivity index (χ1) is 29.1. The maximum absolute atomic E-state index is 14.5. The summed E-state index contributed by atoms with van der Waals surface area (Å²) in [6.45, 7) is 13.0. The van der Waals surface area contributed by atoms with Gasteiger partial charge in [0.1, 0.15) is 30.0 Å². The third-order valence-electron chi connectivity index (χ3n) is 12.1. The summed E-state index contributed by atoms with van der Waals surface area (Å²) in [7, 11) is 3.20. The van der Waals surface area contributed by atoms with E-state index in [2.05, 4.69) is 54.3 Å². The summed E-state index contributed by atoms with van der Waals surface area (Å²) in [5.74, 6) is -1.76. The fourth-order valence-corrected chi connectivity index (χ4v) is 8.77. The zero-order valence-electron chi connectivity index (χ0n) is 36.6. The molecule has 14 nitrogen and oxygen atoms in total. The van der Waals surface area contributed by atoms with Gasteiger partial charge < -0.3 is 29.2 Å². The molecule has 2 aromatic carbocycles. The summed E-state index contributed by atoms with van der Waals surface area (Å²) in [6.07, 6.45) is 3.89. The van der Waals surface area contributed by atoms with Crippen LogP contribution in [0.3, 0.4) is 0 Å². The smallest absolute Gasteiger partial charge is 0.410 e. The predicted octanol–water partition coefficient (Wildman–Crippen LogP) is 6.71. The van der Waals surface area contributed by atoms with Crippen molar-refractivity contribution in [2.75, 3.05) is 27.3 Å². The Hall–Kier alpha value is -5.47. The Kier molecular flexibility index (Phi) is 12.8. The fraction of sp³-hybridized carbons (Fsp3) is 0.511. The Morgan fingerprint density at radius 2 is 1.85 bits per heavy atom. The Labute approximate surface area is 357 Å². The predicted molar refractivity (Wildman–Crippen MR) is 231 cm³/mol. The van der Waals surface area contributed by atoms with Crippen molar-refractivity contribution in [2.24, 2.45) is 11.3 Å². The number of hydrazine groups is 1. The van der Waals surface area contributed by atoms with E-state index in [1.54, 1.807) is 25.4 Å². The van der Waals surface area contributed by atoms with Gasteiger partial charge in [-0.25, -0.2) is 10.2 Å². The van der Waals surface area contributed by atoms with Crippen molar-refractivity contribution in [1.82, 2.24) is 30.2 Å². The van der Waals surface area contributed by atoms with E-state index < -0.39 is 47.4 Å². The quantitative estimate of drug-likeness (QED) is 0.155. The second kappa shape index (κ2) is 17.9. The number of benzene rings is 2. The number of ether oxygens (including phenoxy) is 3. The minimum absolute atomic E-state index is 0.00257. The van der Waals surface area contributed by atoms with Crippen molar-refractivity contribution in [2.45, 2.75) is 117 Å². The maximum Gasteiger partial charge on any atom is 0.410 e. The number of rotatable bonds is 9. The second-order valence-corrected chi connectivity index (χ2v) is 17.9. The molecular formula is C47H60N6O8. The lowest BCUT2D eigenvalue weighted by Crippen LogP contribution is -2.62. The minimum atomic E-state index is -1.13. The zero-order valence-corrected chi connectivity index (χ0v) is 36.6. The molecule has 3 N–H and O–H groups in total. The molecule has 6 bridgehead atoms. The number of carbonyl (C=O) groups excluding carboxylic acids is 4. The average molecular weight is 837 g/mol. The summed E-state index contributed by atoms with van der Waals surface area (Å²) in [6, 6.07) is 12.6. The number of aromatic hydroxyl groups is 1. The van der Waals surface area contributed by atoms with E-state index in [4.69, 9.17) is 19.2 Å². The Bertz CT molecular complexity index is 2300. The van der Waals surface area contributed by atoms with E-state index in [0.29, 0.717) is 37.9 Å². The van der Waals surface area contributed by atoms with Crippen molar-refractivity contribution < 1.29 is 38.5 Å².